The van der Waals surface area contributed by atoms with E-state index in [9.17, 15) is 8.78 Å². The Hall–Kier alpha value is -7.91. The number of benzene rings is 16. The van der Waals surface area contributed by atoms with E-state index in [2.05, 4.69) is 385 Å². The molecule has 123 heavy (non-hydrogen) atoms. The number of carbonyl (C=O) groups is 1. The second kappa shape index (κ2) is 59.1. The first kappa shape index (κ1) is 104. The first-order valence-electron chi connectivity index (χ1n) is 37.4. The molecule has 0 unspecified atom stereocenters. The summed E-state index contributed by atoms with van der Waals surface area (Å²) in [6, 6.07) is 151. The summed E-state index contributed by atoms with van der Waals surface area (Å²) in [5.41, 5.74) is 1.79. The first-order valence-corrected chi connectivity index (χ1v) is 44.3. The smallest absolute Gasteiger partial charge is 1.00 e. The molecule has 0 spiro atoms. The van der Waals surface area contributed by atoms with Gasteiger partial charge in [-0.15, -0.1) is 0 Å². The van der Waals surface area contributed by atoms with Crippen LogP contribution in [-0.2, 0) is 30.1 Å². The zero-order valence-electron chi connectivity index (χ0n) is 68.5. The molecule has 0 bridgehead atoms. The second-order valence-corrected chi connectivity index (χ2v) is 35.7. The summed E-state index contributed by atoms with van der Waals surface area (Å²) in [6.45, 7) is -0.181. The summed E-state index contributed by atoms with van der Waals surface area (Å²) in [6.07, 6.45) is 0. The van der Waals surface area contributed by atoms with Crippen LogP contribution in [0.1, 0.15) is 12.6 Å². The van der Waals surface area contributed by atoms with Gasteiger partial charge in [-0.2, -0.15) is 10.5 Å². The molecule has 0 aliphatic heterocycles. The molecule has 0 fully saturated rings. The van der Waals surface area contributed by atoms with Crippen LogP contribution in [0.3, 0.4) is 0 Å². The number of hydrogen-bond donors (Lipinski definition) is 2. The molecule has 22 heteroatoms. The molecule has 0 aromatic heterocycles. The maximum absolute atomic E-state index is 13.9. The molecule has 608 valence electrons. The summed E-state index contributed by atoms with van der Waals surface area (Å²) in [7, 11) is -0.439. The molecular weight excluding hydrogens is 1860 g/mol. The molecule has 0 amide bonds. The van der Waals surface area contributed by atoms with Gasteiger partial charge in [0, 0.05) is 37.0 Å². The summed E-state index contributed by atoms with van der Waals surface area (Å²) in [5.74, 6) is -0.161. The Morgan fingerprint density at radius 1 is 0.350 bits per heavy atom. The van der Waals surface area contributed by atoms with Gasteiger partial charge in [-0.05, 0) is 160 Å². The minimum atomic E-state index is -1.56. The van der Waals surface area contributed by atoms with E-state index in [-0.39, 0.29) is 142 Å². The average Bonchev–Trinajstić information content (AvgIpc) is 0.717. The number of rotatable bonds is 17. The van der Waals surface area contributed by atoms with Crippen molar-refractivity contribution in [3.63, 3.8) is 0 Å². The largest absolute Gasteiger partial charge is 1.00 e. The molecular formula is C101H82BBrCl2F2K2N2O7P4Pd. The van der Waals surface area contributed by atoms with Crippen LogP contribution in [0.5, 0.6) is 11.5 Å². The van der Waals surface area contributed by atoms with Crippen LogP contribution in [0.4, 0.5) is 8.78 Å². The van der Waals surface area contributed by atoms with Crippen LogP contribution in [0.2, 0.25) is 10.0 Å². The van der Waals surface area contributed by atoms with Gasteiger partial charge in [0.1, 0.15) is 23.1 Å². The Bertz CT molecular complexity index is 4920. The molecule has 0 radical (unpaired) electrons. The van der Waals surface area contributed by atoms with Crippen molar-refractivity contribution in [2.75, 3.05) is 14.2 Å². The fraction of sp³-hybridized carbons (Fsp3) is 0.0198. The standard InChI is InChI=1S/4C18H15P.C14H9ClFNO.C7H8BClO3.C7H3BrFN.CH2O3.2K.Pd.H/c4*1-4-10-16(11-5-1)19(17-12-6-2-7-13-17)18-14-8-3-9-15-18;1-18-14-11(3-2-4-12(14)15)10-6-5-9(8-17)7-13(10)16;1-12-7-5(8(10)11)3-2-4-6(7)9;8-6-2-1-5(4-10)3-7(6)9;2-1-4-3;;;;/h4*1-15H;2-7H,1H3;2-4,10-11H,1H3;1-3H;1,3H;;;;/q;;;;;;;;2*+1;;-1/p-1. The molecule has 0 saturated carbocycles. The molecule has 0 aliphatic carbocycles. The van der Waals surface area contributed by atoms with Gasteiger partial charge in [0.2, 0.25) is 0 Å². The fourth-order valence-electron chi connectivity index (χ4n) is 12.0. The molecule has 9 nitrogen and oxygen atoms in total. The van der Waals surface area contributed by atoms with Crippen LogP contribution in [0.15, 0.2) is 441 Å². The van der Waals surface area contributed by atoms with Crippen LogP contribution in [0, 0.1) is 34.3 Å². The van der Waals surface area contributed by atoms with Gasteiger partial charge in [-0.3, -0.25) is 4.79 Å². The van der Waals surface area contributed by atoms with Crippen LogP contribution < -0.4 is 187 Å². The van der Waals surface area contributed by atoms with Crippen molar-refractivity contribution in [2.45, 2.75) is 0 Å². The van der Waals surface area contributed by atoms with Gasteiger partial charge in [0.25, 0.3) is 6.47 Å². The number of para-hydroxylation sites is 2. The fourth-order valence-corrected chi connectivity index (χ4v) is 21.9. The monoisotopic (exact) mass is 1940 g/mol. The zero-order chi connectivity index (χ0) is 84.9. The number of nitrogens with zero attached hydrogens (tertiary/aromatic N) is 2. The normalized spacial score (nSPS) is 9.82. The van der Waals surface area contributed by atoms with Crippen molar-refractivity contribution in [3.05, 3.63) is 474 Å². The predicted octanol–water partition coefficient (Wildman–Crippen LogP) is 12.8. The topological polar surface area (TPSA) is 156 Å². The molecule has 16 aromatic rings. The van der Waals surface area contributed by atoms with Gasteiger partial charge in [0.15, 0.2) is 0 Å². The van der Waals surface area contributed by atoms with Crippen LogP contribution >= 0.6 is 70.8 Å². The van der Waals surface area contributed by atoms with Gasteiger partial charge >= 0.3 is 110 Å². The second-order valence-electron chi connectivity index (χ2n) is 25.2. The molecule has 2 N–H and O–H groups in total. The quantitative estimate of drug-likeness (QED) is 0.0298. The number of nitriles is 2. The van der Waals surface area contributed by atoms with E-state index >= 15 is 0 Å². The Morgan fingerprint density at radius 2 is 0.569 bits per heavy atom. The van der Waals surface area contributed by atoms with Gasteiger partial charge in [-0.25, -0.2) is 8.78 Å². The van der Waals surface area contributed by atoms with E-state index in [0.29, 0.717) is 42.7 Å². The maximum Gasteiger partial charge on any atom is 1.00 e. The minimum absolute atomic E-state index is 0. The predicted molar refractivity (Wildman–Crippen MR) is 504 cm³/mol. The number of halogens is 5. The van der Waals surface area contributed by atoms with Gasteiger partial charge in [-0.1, -0.05) is 411 Å². The zero-order valence-corrected chi connectivity index (χ0v) is 82.0. The van der Waals surface area contributed by atoms with Crippen molar-refractivity contribution < 1.29 is 168 Å². The number of hydrogen-bond acceptors (Lipinski definition) is 9. The summed E-state index contributed by atoms with van der Waals surface area (Å²) in [5, 5.41) is 60.8. The number of methoxy groups -OCH3 is 2. The minimum Gasteiger partial charge on any atom is -1.00 e. The Balaban J connectivity index is 0.000000256. The molecule has 16 aromatic carbocycles. The van der Waals surface area contributed by atoms with E-state index in [1.54, 1.807) is 48.5 Å². The van der Waals surface area contributed by atoms with Crippen molar-refractivity contribution in [1.82, 2.24) is 0 Å². The third-order valence-electron chi connectivity index (χ3n) is 17.3. The summed E-state index contributed by atoms with van der Waals surface area (Å²) < 4.78 is 36.9. The molecule has 0 saturated heterocycles. The maximum atomic E-state index is 13.9. The molecule has 0 aliphatic rings. The van der Waals surface area contributed by atoms with Gasteiger partial charge < -0.3 is 31.1 Å². The van der Waals surface area contributed by atoms with E-state index in [1.807, 2.05) is 12.1 Å². The Labute approximate surface area is 844 Å². The number of ether oxygens (including phenoxy) is 2. The summed E-state index contributed by atoms with van der Waals surface area (Å²) in [4.78, 5) is 11.2. The SMILES string of the molecule is COc1c(Cl)cccc1-c1ccc(C#N)cc1F.COc1c(Cl)cccc1B(O)O.N#Cc1ccc(Br)c(F)c1.O=CO[O-].[H-].[K+].[K+].[Pd].c1ccc(P(c2ccccc2)c2ccccc2)cc1.c1ccc(P(c2ccccc2)c2ccccc2)cc1.c1ccc(P(c2ccccc2)c2ccccc2)cc1.c1ccc(P(c2ccccc2)c2ccccc2)cc1. The Kier molecular flexibility index (Phi) is 49.9. The van der Waals surface area contributed by atoms with Crippen LogP contribution in [-0.4, -0.2) is 37.9 Å². The average molecular weight is 1940 g/mol. The van der Waals surface area contributed by atoms with E-state index in [1.165, 1.54) is 102 Å². The van der Waals surface area contributed by atoms with E-state index < -0.39 is 50.4 Å². The third kappa shape index (κ3) is 33.4. The molecule has 16 rings (SSSR count). The van der Waals surface area contributed by atoms with Crippen LogP contribution in [0.25, 0.3) is 11.1 Å². The van der Waals surface area contributed by atoms with Crippen molar-refractivity contribution >= 4 is 154 Å². The number of carbonyl (C=O) groups excluding carboxylic acids is 1. The van der Waals surface area contributed by atoms with Gasteiger partial charge in [0.05, 0.1) is 52.0 Å². The third-order valence-corrected chi connectivity index (χ3v) is 28.3. The molecule has 0 atom stereocenters. The molecule has 0 heterocycles. The van der Waals surface area contributed by atoms with Crippen molar-refractivity contribution in [2.24, 2.45) is 0 Å². The van der Waals surface area contributed by atoms with E-state index in [0.717, 1.165) is 0 Å². The van der Waals surface area contributed by atoms with E-state index in [4.69, 9.17) is 63.3 Å². The first-order chi connectivity index (χ1) is 58.8. The summed E-state index contributed by atoms with van der Waals surface area (Å²) >= 11 is 14.7. The van der Waals surface area contributed by atoms with Crippen molar-refractivity contribution in [3.8, 4) is 34.8 Å². The van der Waals surface area contributed by atoms with Crippen molar-refractivity contribution in [1.29, 1.82) is 10.5 Å². The Morgan fingerprint density at radius 3 is 0.764 bits per heavy atom.